The zero-order valence-electron chi connectivity index (χ0n) is 8.93. The van der Waals surface area contributed by atoms with E-state index in [1.807, 2.05) is 12.1 Å². The van der Waals surface area contributed by atoms with Gasteiger partial charge in [0, 0.05) is 18.4 Å². The van der Waals surface area contributed by atoms with Gasteiger partial charge in [0.05, 0.1) is 12.7 Å². The summed E-state index contributed by atoms with van der Waals surface area (Å²) >= 11 is 0. The highest BCUT2D eigenvalue weighted by Gasteiger charge is 2.19. The van der Waals surface area contributed by atoms with Crippen molar-refractivity contribution in [2.75, 3.05) is 0 Å². The summed E-state index contributed by atoms with van der Waals surface area (Å²) < 4.78 is 5.83. The van der Waals surface area contributed by atoms with E-state index in [-0.39, 0.29) is 0 Å². The Morgan fingerprint density at radius 2 is 2.13 bits per heavy atom. The van der Waals surface area contributed by atoms with Gasteiger partial charge >= 0.3 is 0 Å². The third-order valence-electron chi connectivity index (χ3n) is 2.90. The van der Waals surface area contributed by atoms with Crippen LogP contribution in [0.25, 0.3) is 0 Å². The van der Waals surface area contributed by atoms with Gasteiger partial charge in [-0.15, -0.1) is 0 Å². The first-order valence-electron chi connectivity index (χ1n) is 5.60. The highest BCUT2D eigenvalue weighted by Crippen LogP contribution is 2.20. The number of rotatable bonds is 3. The lowest BCUT2D eigenvalue weighted by Gasteiger charge is -2.26. The number of ether oxygens (including phenoxy) is 1. The first-order valence-corrected chi connectivity index (χ1v) is 5.60. The van der Waals surface area contributed by atoms with Crippen molar-refractivity contribution in [3.63, 3.8) is 0 Å². The molecule has 2 N–H and O–H groups in total. The molecule has 1 fully saturated rings. The Morgan fingerprint density at radius 1 is 1.33 bits per heavy atom. The molecule has 2 unspecified atom stereocenters. The molecule has 15 heavy (non-hydrogen) atoms. The van der Waals surface area contributed by atoms with Crippen LogP contribution in [0.5, 0.6) is 0 Å². The van der Waals surface area contributed by atoms with Crippen LogP contribution in [0.1, 0.15) is 31.2 Å². The smallest absolute Gasteiger partial charge is 0.0721 e. The molecule has 82 valence electrons. The van der Waals surface area contributed by atoms with E-state index in [2.05, 4.69) is 4.98 Å². The molecule has 1 heterocycles. The maximum atomic E-state index is 5.90. The minimum atomic E-state index is 0.334. The lowest BCUT2D eigenvalue weighted by Crippen LogP contribution is -2.32. The molecule has 0 amide bonds. The topological polar surface area (TPSA) is 48.1 Å². The summed E-state index contributed by atoms with van der Waals surface area (Å²) in [6, 6.07) is 4.31. The van der Waals surface area contributed by atoms with Gasteiger partial charge in [-0.25, -0.2) is 0 Å². The molecule has 1 aromatic heterocycles. The van der Waals surface area contributed by atoms with E-state index in [1.54, 1.807) is 12.4 Å². The number of nitrogens with two attached hydrogens (primary N) is 1. The number of pyridine rings is 1. The van der Waals surface area contributed by atoms with Gasteiger partial charge in [-0.2, -0.15) is 0 Å². The van der Waals surface area contributed by atoms with Crippen LogP contribution in [0.2, 0.25) is 0 Å². The van der Waals surface area contributed by atoms with Crippen molar-refractivity contribution in [2.45, 2.75) is 44.4 Å². The fourth-order valence-electron chi connectivity index (χ4n) is 2.03. The van der Waals surface area contributed by atoms with Gasteiger partial charge in [-0.3, -0.25) is 4.98 Å². The van der Waals surface area contributed by atoms with Crippen LogP contribution >= 0.6 is 0 Å². The standard InChI is InChI=1S/C12H18N2O/c13-11-2-1-3-12(8-11)15-9-10-4-6-14-7-5-10/h4-7,11-12H,1-3,8-9,13H2. The van der Waals surface area contributed by atoms with E-state index in [9.17, 15) is 0 Å². The molecule has 1 saturated carbocycles. The molecule has 0 spiro atoms. The average Bonchev–Trinajstić information content (AvgIpc) is 2.28. The largest absolute Gasteiger partial charge is 0.373 e. The van der Waals surface area contributed by atoms with Crippen molar-refractivity contribution in [1.82, 2.24) is 4.98 Å². The van der Waals surface area contributed by atoms with Crippen molar-refractivity contribution < 1.29 is 4.74 Å². The number of aromatic nitrogens is 1. The SMILES string of the molecule is NC1CCCC(OCc2ccncc2)C1. The fourth-order valence-corrected chi connectivity index (χ4v) is 2.03. The highest BCUT2D eigenvalue weighted by atomic mass is 16.5. The monoisotopic (exact) mass is 206 g/mol. The molecule has 1 aromatic rings. The van der Waals surface area contributed by atoms with Crippen LogP contribution in [0.15, 0.2) is 24.5 Å². The molecule has 3 heteroatoms. The lowest BCUT2D eigenvalue weighted by molar-refractivity contribution is 0.0122. The van der Waals surface area contributed by atoms with Gasteiger partial charge < -0.3 is 10.5 Å². The van der Waals surface area contributed by atoms with E-state index >= 15 is 0 Å². The van der Waals surface area contributed by atoms with E-state index in [4.69, 9.17) is 10.5 Å². The van der Waals surface area contributed by atoms with Gasteiger partial charge in [0.25, 0.3) is 0 Å². The van der Waals surface area contributed by atoms with E-state index in [0.717, 1.165) is 19.3 Å². The Labute approximate surface area is 90.7 Å². The molecule has 2 atom stereocenters. The van der Waals surface area contributed by atoms with Gasteiger partial charge in [0.15, 0.2) is 0 Å². The Kier molecular flexibility index (Phi) is 3.69. The first kappa shape index (κ1) is 10.6. The van der Waals surface area contributed by atoms with E-state index < -0.39 is 0 Å². The third-order valence-corrected chi connectivity index (χ3v) is 2.90. The second kappa shape index (κ2) is 5.24. The number of nitrogens with zero attached hydrogens (tertiary/aromatic N) is 1. The predicted octanol–water partition coefficient (Wildman–Crippen LogP) is 1.87. The molecule has 1 aliphatic carbocycles. The first-order chi connectivity index (χ1) is 7.34. The Hall–Kier alpha value is -0.930. The maximum absolute atomic E-state index is 5.90. The van der Waals surface area contributed by atoms with Crippen molar-refractivity contribution in [3.05, 3.63) is 30.1 Å². The minimum Gasteiger partial charge on any atom is -0.373 e. The molecular weight excluding hydrogens is 188 g/mol. The predicted molar refractivity (Wildman–Crippen MR) is 59.3 cm³/mol. The normalized spacial score (nSPS) is 26.5. The number of hydrogen-bond acceptors (Lipinski definition) is 3. The summed E-state index contributed by atoms with van der Waals surface area (Å²) in [5.41, 5.74) is 7.09. The number of hydrogen-bond donors (Lipinski definition) is 1. The molecule has 1 aliphatic rings. The molecule has 0 bridgehead atoms. The second-order valence-electron chi connectivity index (χ2n) is 4.22. The summed E-state index contributed by atoms with van der Waals surface area (Å²) in [5, 5.41) is 0. The van der Waals surface area contributed by atoms with Crippen LogP contribution in [0.4, 0.5) is 0 Å². The van der Waals surface area contributed by atoms with Crippen molar-refractivity contribution in [3.8, 4) is 0 Å². The summed E-state index contributed by atoms with van der Waals surface area (Å²) in [5.74, 6) is 0. The van der Waals surface area contributed by atoms with Gasteiger partial charge in [-0.05, 0) is 43.4 Å². The van der Waals surface area contributed by atoms with E-state index in [0.29, 0.717) is 18.8 Å². The van der Waals surface area contributed by atoms with E-state index in [1.165, 1.54) is 12.0 Å². The minimum absolute atomic E-state index is 0.334. The second-order valence-corrected chi connectivity index (χ2v) is 4.22. The molecule has 0 aromatic carbocycles. The van der Waals surface area contributed by atoms with Crippen molar-refractivity contribution in [1.29, 1.82) is 0 Å². The van der Waals surface area contributed by atoms with Crippen LogP contribution in [0.3, 0.4) is 0 Å². The van der Waals surface area contributed by atoms with Crippen molar-refractivity contribution in [2.24, 2.45) is 5.73 Å². The molecule has 0 radical (unpaired) electrons. The van der Waals surface area contributed by atoms with Crippen LogP contribution in [-0.2, 0) is 11.3 Å². The Balaban J connectivity index is 1.78. The van der Waals surface area contributed by atoms with Crippen LogP contribution in [0, 0.1) is 0 Å². The highest BCUT2D eigenvalue weighted by molar-refractivity contribution is 5.07. The van der Waals surface area contributed by atoms with Crippen LogP contribution < -0.4 is 5.73 Å². The quantitative estimate of drug-likeness (QED) is 0.821. The summed E-state index contributed by atoms with van der Waals surface area (Å²) in [7, 11) is 0. The Bertz CT molecular complexity index is 289. The molecule has 2 rings (SSSR count). The van der Waals surface area contributed by atoms with Gasteiger partial charge in [0.2, 0.25) is 0 Å². The fraction of sp³-hybridized carbons (Fsp3) is 0.583. The Morgan fingerprint density at radius 3 is 2.87 bits per heavy atom. The van der Waals surface area contributed by atoms with Gasteiger partial charge in [-0.1, -0.05) is 0 Å². The van der Waals surface area contributed by atoms with Gasteiger partial charge in [0.1, 0.15) is 0 Å². The summed E-state index contributed by atoms with van der Waals surface area (Å²) in [6.07, 6.45) is 8.44. The zero-order valence-corrected chi connectivity index (χ0v) is 8.93. The molecule has 0 aliphatic heterocycles. The van der Waals surface area contributed by atoms with Crippen molar-refractivity contribution >= 4 is 0 Å². The van der Waals surface area contributed by atoms with Crippen LogP contribution in [-0.4, -0.2) is 17.1 Å². The molecule has 3 nitrogen and oxygen atoms in total. The maximum Gasteiger partial charge on any atom is 0.0721 e. The molecular formula is C12H18N2O. The molecule has 0 saturated heterocycles. The summed E-state index contributed by atoms with van der Waals surface area (Å²) in [4.78, 5) is 3.98. The zero-order chi connectivity index (χ0) is 10.5. The average molecular weight is 206 g/mol. The third kappa shape index (κ3) is 3.29. The summed E-state index contributed by atoms with van der Waals surface area (Å²) in [6.45, 7) is 0.680. The lowest BCUT2D eigenvalue weighted by atomic mass is 9.93.